The van der Waals surface area contributed by atoms with Gasteiger partial charge in [0.1, 0.15) is 5.69 Å². The van der Waals surface area contributed by atoms with E-state index in [4.69, 9.17) is 0 Å². The quantitative estimate of drug-likeness (QED) is 0.490. The first kappa shape index (κ1) is 19.9. The van der Waals surface area contributed by atoms with Crippen LogP contribution >= 0.6 is 0 Å². The molecule has 3 rings (SSSR count). The number of hydrogen-bond donors (Lipinski definition) is 0. The van der Waals surface area contributed by atoms with E-state index in [0.717, 1.165) is 5.56 Å². The van der Waals surface area contributed by atoms with Gasteiger partial charge in [0, 0.05) is 24.9 Å². The molecule has 0 radical (unpaired) electrons. The Labute approximate surface area is 167 Å². The SMILES string of the molecule is Cc1cc(=O)c(C(=O)N(C)C(C)c2ccccc2)nn1-c1ccccc1[N+](=O)[O-]. The van der Waals surface area contributed by atoms with Crippen LogP contribution in [0.25, 0.3) is 5.69 Å². The molecule has 2 aromatic carbocycles. The van der Waals surface area contributed by atoms with E-state index in [1.54, 1.807) is 26.1 Å². The molecule has 0 fully saturated rings. The van der Waals surface area contributed by atoms with Gasteiger partial charge in [-0.1, -0.05) is 42.5 Å². The molecule has 1 heterocycles. The number of aryl methyl sites for hydroxylation is 1. The lowest BCUT2D eigenvalue weighted by Crippen LogP contribution is -2.35. The van der Waals surface area contributed by atoms with Gasteiger partial charge < -0.3 is 4.90 Å². The summed E-state index contributed by atoms with van der Waals surface area (Å²) in [5.41, 5.74) is 0.488. The van der Waals surface area contributed by atoms with Gasteiger partial charge in [-0.2, -0.15) is 5.10 Å². The van der Waals surface area contributed by atoms with Gasteiger partial charge in [0.15, 0.2) is 5.69 Å². The van der Waals surface area contributed by atoms with Crippen LogP contribution in [-0.4, -0.2) is 32.6 Å². The molecule has 1 amide bonds. The molecular formula is C21H20N4O4. The van der Waals surface area contributed by atoms with Crippen molar-refractivity contribution >= 4 is 11.6 Å². The van der Waals surface area contributed by atoms with Gasteiger partial charge in [-0.05, 0) is 25.5 Å². The number of nitrogens with zero attached hydrogens (tertiary/aromatic N) is 4. The molecule has 148 valence electrons. The minimum atomic E-state index is -0.557. The zero-order valence-electron chi connectivity index (χ0n) is 16.3. The molecule has 29 heavy (non-hydrogen) atoms. The Morgan fingerprint density at radius 1 is 1.14 bits per heavy atom. The van der Waals surface area contributed by atoms with Gasteiger partial charge >= 0.3 is 0 Å². The summed E-state index contributed by atoms with van der Waals surface area (Å²) in [4.78, 5) is 37.8. The summed E-state index contributed by atoms with van der Waals surface area (Å²) in [5.74, 6) is -0.557. The maximum absolute atomic E-state index is 13.0. The van der Waals surface area contributed by atoms with E-state index in [-0.39, 0.29) is 23.1 Å². The predicted molar refractivity (Wildman–Crippen MR) is 108 cm³/mol. The minimum absolute atomic E-state index is 0.170. The Morgan fingerprint density at radius 3 is 2.41 bits per heavy atom. The largest absolute Gasteiger partial charge is 0.333 e. The zero-order valence-corrected chi connectivity index (χ0v) is 16.3. The Bertz CT molecular complexity index is 1130. The lowest BCUT2D eigenvalue weighted by atomic mass is 10.1. The second kappa shape index (κ2) is 8.05. The van der Waals surface area contributed by atoms with Gasteiger partial charge in [0.05, 0.1) is 11.0 Å². The van der Waals surface area contributed by atoms with Crippen molar-refractivity contribution in [1.29, 1.82) is 0 Å². The fourth-order valence-electron chi connectivity index (χ4n) is 3.04. The van der Waals surface area contributed by atoms with Crippen LogP contribution in [0.15, 0.2) is 65.5 Å². The van der Waals surface area contributed by atoms with Crippen molar-refractivity contribution in [3.8, 4) is 5.69 Å². The summed E-state index contributed by atoms with van der Waals surface area (Å²) in [6, 6.07) is 16.4. The van der Waals surface area contributed by atoms with Crippen LogP contribution in [-0.2, 0) is 0 Å². The smallest absolute Gasteiger partial charge is 0.294 e. The third-order valence-electron chi connectivity index (χ3n) is 4.80. The average molecular weight is 392 g/mol. The number of benzene rings is 2. The van der Waals surface area contributed by atoms with Crippen LogP contribution in [0.4, 0.5) is 5.69 Å². The molecule has 0 aliphatic rings. The van der Waals surface area contributed by atoms with E-state index in [9.17, 15) is 19.7 Å². The van der Waals surface area contributed by atoms with Crippen molar-refractivity contribution in [3.05, 3.63) is 98.0 Å². The van der Waals surface area contributed by atoms with Crippen LogP contribution in [0.1, 0.15) is 34.7 Å². The third kappa shape index (κ3) is 3.91. The first-order valence-corrected chi connectivity index (χ1v) is 8.98. The van der Waals surface area contributed by atoms with Crippen molar-refractivity contribution in [3.63, 3.8) is 0 Å². The number of amides is 1. The molecule has 0 bridgehead atoms. The van der Waals surface area contributed by atoms with Crippen molar-refractivity contribution < 1.29 is 9.72 Å². The lowest BCUT2D eigenvalue weighted by Gasteiger charge is -2.25. The normalized spacial score (nSPS) is 11.7. The standard InChI is InChI=1S/C21H20N4O4/c1-14-13-19(26)20(21(27)23(3)15(2)16-9-5-4-6-10-16)22-24(14)17-11-7-8-12-18(17)25(28)29/h4-13,15H,1-3H3. The van der Waals surface area contributed by atoms with Crippen molar-refractivity contribution in [2.45, 2.75) is 19.9 Å². The van der Waals surface area contributed by atoms with E-state index in [1.165, 1.54) is 27.8 Å². The molecule has 1 unspecified atom stereocenters. The predicted octanol–water partition coefficient (Wildman–Crippen LogP) is 3.28. The molecule has 0 N–H and O–H groups in total. The third-order valence-corrected chi connectivity index (χ3v) is 4.80. The van der Waals surface area contributed by atoms with E-state index in [2.05, 4.69) is 5.10 Å². The number of carbonyl (C=O) groups excluding carboxylic acids is 1. The molecule has 0 spiro atoms. The van der Waals surface area contributed by atoms with E-state index < -0.39 is 16.3 Å². The Morgan fingerprint density at radius 2 is 1.76 bits per heavy atom. The highest BCUT2D eigenvalue weighted by Crippen LogP contribution is 2.23. The number of carbonyl (C=O) groups is 1. The van der Waals surface area contributed by atoms with E-state index in [0.29, 0.717) is 5.69 Å². The molecule has 3 aromatic rings. The molecule has 8 nitrogen and oxygen atoms in total. The number of para-hydroxylation sites is 2. The number of rotatable bonds is 5. The van der Waals surface area contributed by atoms with Crippen molar-refractivity contribution in [1.82, 2.24) is 14.7 Å². The molecule has 0 aliphatic carbocycles. The number of aromatic nitrogens is 2. The summed E-state index contributed by atoms with van der Waals surface area (Å²) in [7, 11) is 1.59. The summed E-state index contributed by atoms with van der Waals surface area (Å²) in [5, 5.41) is 15.6. The molecule has 8 heteroatoms. The molecule has 1 aromatic heterocycles. The molecule has 0 saturated heterocycles. The summed E-state index contributed by atoms with van der Waals surface area (Å²) in [6.45, 7) is 3.46. The molecule has 0 saturated carbocycles. The van der Waals surface area contributed by atoms with E-state index in [1.807, 2.05) is 37.3 Å². The fraction of sp³-hybridized carbons (Fsp3) is 0.190. The topological polar surface area (TPSA) is 98.3 Å². The second-order valence-corrected chi connectivity index (χ2v) is 6.66. The lowest BCUT2D eigenvalue weighted by molar-refractivity contribution is -0.384. The van der Waals surface area contributed by atoms with Crippen LogP contribution in [0, 0.1) is 17.0 Å². The number of nitro benzene ring substituents is 1. The molecule has 1 atom stereocenters. The van der Waals surface area contributed by atoms with Crippen molar-refractivity contribution in [2.24, 2.45) is 0 Å². The maximum atomic E-state index is 13.0. The van der Waals surface area contributed by atoms with Gasteiger partial charge in [-0.3, -0.25) is 19.7 Å². The summed E-state index contributed by atoms with van der Waals surface area (Å²) < 4.78 is 1.26. The van der Waals surface area contributed by atoms with Gasteiger partial charge in [-0.25, -0.2) is 4.68 Å². The van der Waals surface area contributed by atoms with Gasteiger partial charge in [0.2, 0.25) is 5.43 Å². The monoisotopic (exact) mass is 392 g/mol. The zero-order chi connectivity index (χ0) is 21.1. The van der Waals surface area contributed by atoms with Crippen LogP contribution < -0.4 is 5.43 Å². The van der Waals surface area contributed by atoms with Crippen LogP contribution in [0.5, 0.6) is 0 Å². The Kier molecular flexibility index (Phi) is 5.54. The Balaban J connectivity index is 2.05. The summed E-state index contributed by atoms with van der Waals surface area (Å²) in [6.07, 6.45) is 0. The minimum Gasteiger partial charge on any atom is -0.333 e. The fourth-order valence-corrected chi connectivity index (χ4v) is 3.04. The summed E-state index contributed by atoms with van der Waals surface area (Å²) >= 11 is 0. The first-order chi connectivity index (χ1) is 13.8. The van der Waals surface area contributed by atoms with Crippen LogP contribution in [0.3, 0.4) is 0 Å². The van der Waals surface area contributed by atoms with Crippen LogP contribution in [0.2, 0.25) is 0 Å². The number of nitro groups is 1. The highest BCUT2D eigenvalue weighted by molar-refractivity contribution is 5.92. The first-order valence-electron chi connectivity index (χ1n) is 8.98. The Hall–Kier alpha value is -3.81. The number of hydrogen-bond acceptors (Lipinski definition) is 5. The van der Waals surface area contributed by atoms with Crippen molar-refractivity contribution in [2.75, 3.05) is 7.05 Å². The van der Waals surface area contributed by atoms with Gasteiger partial charge in [0.25, 0.3) is 11.6 Å². The maximum Gasteiger partial charge on any atom is 0.294 e. The second-order valence-electron chi connectivity index (χ2n) is 6.66. The van der Waals surface area contributed by atoms with Gasteiger partial charge in [-0.15, -0.1) is 0 Å². The highest BCUT2D eigenvalue weighted by Gasteiger charge is 2.25. The molecule has 0 aliphatic heterocycles. The van der Waals surface area contributed by atoms with E-state index >= 15 is 0 Å². The average Bonchev–Trinajstić information content (AvgIpc) is 2.73. The molecular weight excluding hydrogens is 372 g/mol. The highest BCUT2D eigenvalue weighted by atomic mass is 16.6.